The molecular weight excluding hydrogens is 219 g/mol. The zero-order chi connectivity index (χ0) is 11.4. The second-order valence-corrected chi connectivity index (χ2v) is 3.24. The number of halogens is 2. The van der Waals surface area contributed by atoms with Crippen molar-refractivity contribution in [1.82, 2.24) is 0 Å². The van der Waals surface area contributed by atoms with E-state index in [0.717, 1.165) is 5.56 Å². The highest BCUT2D eigenvalue weighted by molar-refractivity contribution is 6.33. The van der Waals surface area contributed by atoms with E-state index in [4.69, 9.17) is 23.1 Å². The highest BCUT2D eigenvalue weighted by atomic mass is 35.5. The molecular formula is C9H10ClFN4. The molecule has 0 aliphatic heterocycles. The van der Waals surface area contributed by atoms with Crippen LogP contribution in [0.15, 0.2) is 22.3 Å². The van der Waals surface area contributed by atoms with Crippen molar-refractivity contribution in [3.8, 4) is 0 Å². The van der Waals surface area contributed by atoms with E-state index in [1.807, 2.05) is 0 Å². The van der Waals surface area contributed by atoms with Crippen LogP contribution in [0.2, 0.25) is 5.02 Å². The maximum absolute atomic E-state index is 13.3. The number of nitrogens with zero attached hydrogens (tertiary/aromatic N) is 2. The molecule has 0 bridgehead atoms. The predicted molar refractivity (Wildman–Crippen MR) is 59.6 cm³/mol. The first kappa shape index (κ1) is 11.5. The standard InChI is InChI=1S/C9H10ClFN4/c1-5-2-3-7(11)6(8(5)10)4-14-15-9(12)13/h2-4H,1H3,(H4,12,13,15). The Labute approximate surface area is 91.4 Å². The molecule has 1 aromatic rings. The summed E-state index contributed by atoms with van der Waals surface area (Å²) in [4.78, 5) is 0. The summed E-state index contributed by atoms with van der Waals surface area (Å²) < 4.78 is 13.3. The van der Waals surface area contributed by atoms with Crippen molar-refractivity contribution >= 4 is 23.8 Å². The van der Waals surface area contributed by atoms with Crippen molar-refractivity contribution in [1.29, 1.82) is 0 Å². The minimum absolute atomic E-state index is 0.168. The van der Waals surface area contributed by atoms with E-state index < -0.39 is 5.82 Å². The molecule has 0 unspecified atom stereocenters. The SMILES string of the molecule is Cc1ccc(F)c(C=NN=C(N)N)c1Cl. The van der Waals surface area contributed by atoms with Gasteiger partial charge in [-0.25, -0.2) is 4.39 Å². The summed E-state index contributed by atoms with van der Waals surface area (Å²) in [6.07, 6.45) is 1.17. The second-order valence-electron chi connectivity index (χ2n) is 2.86. The van der Waals surface area contributed by atoms with Gasteiger partial charge in [-0.1, -0.05) is 17.7 Å². The van der Waals surface area contributed by atoms with Gasteiger partial charge in [0.15, 0.2) is 0 Å². The smallest absolute Gasteiger partial charge is 0.211 e. The monoisotopic (exact) mass is 228 g/mol. The van der Waals surface area contributed by atoms with E-state index in [-0.39, 0.29) is 11.5 Å². The molecule has 0 aliphatic rings. The van der Waals surface area contributed by atoms with Crippen LogP contribution in [-0.4, -0.2) is 12.2 Å². The third-order valence-corrected chi connectivity index (χ3v) is 2.18. The van der Waals surface area contributed by atoms with Gasteiger partial charge < -0.3 is 11.5 Å². The van der Waals surface area contributed by atoms with E-state index >= 15 is 0 Å². The molecule has 0 radical (unpaired) electrons. The molecule has 0 aromatic heterocycles. The van der Waals surface area contributed by atoms with Gasteiger partial charge in [0.25, 0.3) is 0 Å². The van der Waals surface area contributed by atoms with Crippen LogP contribution in [0.1, 0.15) is 11.1 Å². The average Bonchev–Trinajstić information content (AvgIpc) is 2.17. The van der Waals surface area contributed by atoms with E-state index in [1.54, 1.807) is 13.0 Å². The van der Waals surface area contributed by atoms with Crippen molar-refractivity contribution in [3.05, 3.63) is 34.1 Å². The summed E-state index contributed by atoms with van der Waals surface area (Å²) in [5, 5.41) is 7.14. The van der Waals surface area contributed by atoms with Crippen molar-refractivity contribution in [2.24, 2.45) is 21.7 Å². The van der Waals surface area contributed by atoms with Gasteiger partial charge in [-0.15, -0.1) is 5.10 Å². The Balaban J connectivity index is 3.09. The van der Waals surface area contributed by atoms with Crippen LogP contribution in [0.25, 0.3) is 0 Å². The minimum atomic E-state index is -0.472. The van der Waals surface area contributed by atoms with Gasteiger partial charge in [0, 0.05) is 5.56 Å². The van der Waals surface area contributed by atoms with Gasteiger partial charge in [-0.3, -0.25) is 0 Å². The summed E-state index contributed by atoms with van der Waals surface area (Å²) in [7, 11) is 0. The lowest BCUT2D eigenvalue weighted by atomic mass is 10.1. The largest absolute Gasteiger partial charge is 0.369 e. The highest BCUT2D eigenvalue weighted by Crippen LogP contribution is 2.21. The molecule has 1 rings (SSSR count). The van der Waals surface area contributed by atoms with Crippen LogP contribution in [0.4, 0.5) is 4.39 Å². The molecule has 80 valence electrons. The topological polar surface area (TPSA) is 76.8 Å². The minimum Gasteiger partial charge on any atom is -0.369 e. The molecule has 0 saturated heterocycles. The summed E-state index contributed by atoms with van der Waals surface area (Å²) in [5.74, 6) is -0.671. The maximum atomic E-state index is 13.3. The van der Waals surface area contributed by atoms with E-state index in [2.05, 4.69) is 10.2 Å². The van der Waals surface area contributed by atoms with Crippen LogP contribution in [0.3, 0.4) is 0 Å². The number of rotatable bonds is 2. The summed E-state index contributed by atoms with van der Waals surface area (Å²) in [6.45, 7) is 1.76. The Bertz CT molecular complexity index is 424. The number of aryl methyl sites for hydroxylation is 1. The van der Waals surface area contributed by atoms with Crippen LogP contribution in [0, 0.1) is 12.7 Å². The van der Waals surface area contributed by atoms with Gasteiger partial charge in [-0.05, 0) is 18.6 Å². The fourth-order valence-electron chi connectivity index (χ4n) is 0.950. The van der Waals surface area contributed by atoms with Gasteiger partial charge in [-0.2, -0.15) is 5.10 Å². The maximum Gasteiger partial charge on any atom is 0.211 e. The second kappa shape index (κ2) is 4.75. The molecule has 6 heteroatoms. The number of nitrogens with two attached hydrogens (primary N) is 2. The number of hydrogen-bond acceptors (Lipinski definition) is 2. The molecule has 0 saturated carbocycles. The fraction of sp³-hybridized carbons (Fsp3) is 0.111. The zero-order valence-corrected chi connectivity index (χ0v) is 8.79. The Hall–Kier alpha value is -1.62. The molecule has 0 atom stereocenters. The fourth-order valence-corrected chi connectivity index (χ4v) is 1.15. The van der Waals surface area contributed by atoms with E-state index in [1.165, 1.54) is 12.3 Å². The van der Waals surface area contributed by atoms with E-state index in [0.29, 0.717) is 5.02 Å². The Morgan fingerprint density at radius 1 is 1.47 bits per heavy atom. The number of hydrogen-bond donors (Lipinski definition) is 2. The average molecular weight is 229 g/mol. The molecule has 15 heavy (non-hydrogen) atoms. The molecule has 0 amide bonds. The Kier molecular flexibility index (Phi) is 3.62. The van der Waals surface area contributed by atoms with Gasteiger partial charge in [0.2, 0.25) is 5.96 Å². The first-order valence-electron chi connectivity index (χ1n) is 4.09. The van der Waals surface area contributed by atoms with Gasteiger partial charge >= 0.3 is 0 Å². The van der Waals surface area contributed by atoms with Crippen molar-refractivity contribution in [2.75, 3.05) is 0 Å². The number of benzene rings is 1. The van der Waals surface area contributed by atoms with Crippen molar-refractivity contribution in [2.45, 2.75) is 6.92 Å². The lowest BCUT2D eigenvalue weighted by Gasteiger charge is -2.02. The molecule has 4 N–H and O–H groups in total. The van der Waals surface area contributed by atoms with Gasteiger partial charge in [0.1, 0.15) is 5.82 Å². The first-order chi connectivity index (χ1) is 7.02. The third-order valence-electron chi connectivity index (χ3n) is 1.68. The van der Waals surface area contributed by atoms with Crippen molar-refractivity contribution < 1.29 is 4.39 Å². The summed E-state index contributed by atoms with van der Waals surface area (Å²) in [5.41, 5.74) is 11.0. The molecule has 0 fully saturated rings. The predicted octanol–water partition coefficient (Wildman–Crippen LogP) is 1.39. The quantitative estimate of drug-likeness (QED) is 0.456. The van der Waals surface area contributed by atoms with Crippen LogP contribution in [-0.2, 0) is 0 Å². The van der Waals surface area contributed by atoms with Gasteiger partial charge in [0.05, 0.1) is 11.2 Å². The third kappa shape index (κ3) is 2.92. The number of guanidine groups is 1. The summed E-state index contributed by atoms with van der Waals surface area (Å²) in [6, 6.07) is 2.88. The molecule has 0 heterocycles. The molecule has 0 aliphatic carbocycles. The zero-order valence-electron chi connectivity index (χ0n) is 8.04. The Morgan fingerprint density at radius 3 is 2.73 bits per heavy atom. The lowest BCUT2D eigenvalue weighted by Crippen LogP contribution is -2.21. The van der Waals surface area contributed by atoms with E-state index in [9.17, 15) is 4.39 Å². The lowest BCUT2D eigenvalue weighted by molar-refractivity contribution is 0.625. The van der Waals surface area contributed by atoms with Crippen LogP contribution >= 0.6 is 11.6 Å². The van der Waals surface area contributed by atoms with Crippen molar-refractivity contribution in [3.63, 3.8) is 0 Å². The van der Waals surface area contributed by atoms with Crippen LogP contribution in [0.5, 0.6) is 0 Å². The Morgan fingerprint density at radius 2 is 2.13 bits per heavy atom. The molecule has 4 nitrogen and oxygen atoms in total. The summed E-state index contributed by atoms with van der Waals surface area (Å²) >= 11 is 5.87. The normalized spacial score (nSPS) is 10.6. The first-order valence-corrected chi connectivity index (χ1v) is 4.46. The molecule has 0 spiro atoms. The van der Waals surface area contributed by atoms with Crippen LogP contribution < -0.4 is 11.5 Å². The highest BCUT2D eigenvalue weighted by Gasteiger charge is 2.06. The molecule has 1 aromatic carbocycles.